The number of aryl methyl sites for hydroxylation is 2. The Morgan fingerprint density at radius 1 is 0.923 bits per heavy atom. The second-order valence-electron chi connectivity index (χ2n) is 10.8. The van der Waals surface area contributed by atoms with Crippen molar-refractivity contribution in [2.24, 2.45) is 5.92 Å². The smallest absolute Gasteiger partial charge is 0.253 e. The highest BCUT2D eigenvalue weighted by atomic mass is 16.1. The largest absolute Gasteiger partial charge is 0.321 e. The monoisotopic (exact) mass is 518 g/mol. The van der Waals surface area contributed by atoms with Crippen molar-refractivity contribution in [1.29, 1.82) is 0 Å². The number of nitrogens with one attached hydrogen (secondary N) is 1. The Bertz CT molecular complexity index is 1620. The molecule has 1 fully saturated rings. The van der Waals surface area contributed by atoms with Gasteiger partial charge in [-0.3, -0.25) is 9.69 Å². The number of fused-ring (bicyclic) bond motifs is 1. The number of hydrogen-bond donors (Lipinski definition) is 1. The molecule has 0 amide bonds. The zero-order chi connectivity index (χ0) is 26.8. The Morgan fingerprint density at radius 2 is 1.62 bits per heavy atom. The van der Waals surface area contributed by atoms with Gasteiger partial charge < -0.3 is 4.98 Å². The molecule has 1 N–H and O–H groups in total. The van der Waals surface area contributed by atoms with Crippen LogP contribution in [-0.4, -0.2) is 43.2 Å². The average Bonchev–Trinajstić information content (AvgIpc) is 3.41. The highest BCUT2D eigenvalue weighted by molar-refractivity contribution is 5.83. The predicted octanol–water partition coefficient (Wildman–Crippen LogP) is 5.22. The number of benzene rings is 3. The second-order valence-corrected chi connectivity index (χ2v) is 10.8. The number of hydrogen-bond acceptors (Lipinski definition) is 5. The molecule has 5 aromatic rings. The lowest BCUT2D eigenvalue weighted by atomic mass is 9.89. The number of tetrazole rings is 1. The Labute approximate surface area is 228 Å². The first kappa shape index (κ1) is 25.2. The fraction of sp³-hybridized carbons (Fsp3) is 0.312. The van der Waals surface area contributed by atoms with Gasteiger partial charge in [0.05, 0.1) is 12.1 Å². The zero-order valence-corrected chi connectivity index (χ0v) is 22.5. The summed E-state index contributed by atoms with van der Waals surface area (Å²) in [5, 5.41) is 14.0. The molecule has 0 radical (unpaired) electrons. The van der Waals surface area contributed by atoms with Crippen molar-refractivity contribution >= 4 is 10.9 Å². The van der Waals surface area contributed by atoms with E-state index in [9.17, 15) is 4.79 Å². The molecule has 1 saturated heterocycles. The number of H-pyrrole nitrogens is 1. The van der Waals surface area contributed by atoms with Gasteiger partial charge in [0, 0.05) is 5.56 Å². The van der Waals surface area contributed by atoms with Gasteiger partial charge in [0.25, 0.3) is 5.56 Å². The van der Waals surface area contributed by atoms with Crippen LogP contribution in [0.4, 0.5) is 0 Å². The Morgan fingerprint density at radius 3 is 2.33 bits per heavy atom. The Hall–Kier alpha value is -4.10. The van der Waals surface area contributed by atoms with E-state index in [1.165, 1.54) is 5.56 Å². The normalized spacial score (nSPS) is 15.5. The van der Waals surface area contributed by atoms with E-state index in [1.807, 2.05) is 28.9 Å². The van der Waals surface area contributed by atoms with Gasteiger partial charge in [0.2, 0.25) is 0 Å². The Kier molecular flexibility index (Phi) is 7.07. The molecule has 0 saturated carbocycles. The molecular weight excluding hydrogens is 484 g/mol. The number of likely N-dealkylation sites (tertiary alicyclic amines) is 1. The minimum Gasteiger partial charge on any atom is -0.321 e. The predicted molar refractivity (Wildman–Crippen MR) is 154 cm³/mol. The van der Waals surface area contributed by atoms with Crippen molar-refractivity contribution in [3.05, 3.63) is 123 Å². The van der Waals surface area contributed by atoms with Gasteiger partial charge >= 0.3 is 0 Å². The first-order valence-electron chi connectivity index (χ1n) is 13.8. The molecule has 0 bridgehead atoms. The van der Waals surface area contributed by atoms with E-state index in [0.717, 1.165) is 59.9 Å². The third kappa shape index (κ3) is 5.27. The number of piperidine rings is 1. The van der Waals surface area contributed by atoms with Crippen LogP contribution in [0.25, 0.3) is 10.9 Å². The van der Waals surface area contributed by atoms with Crippen molar-refractivity contribution in [1.82, 2.24) is 30.1 Å². The summed E-state index contributed by atoms with van der Waals surface area (Å²) in [4.78, 5) is 19.3. The summed E-state index contributed by atoms with van der Waals surface area (Å²) in [6.45, 7) is 6.44. The molecule has 3 aromatic carbocycles. The summed E-state index contributed by atoms with van der Waals surface area (Å²) < 4.78 is 1.85. The highest BCUT2D eigenvalue weighted by Crippen LogP contribution is 2.32. The third-order valence-corrected chi connectivity index (χ3v) is 8.24. The van der Waals surface area contributed by atoms with E-state index in [1.54, 1.807) is 0 Å². The molecule has 1 aliphatic heterocycles. The molecule has 198 valence electrons. The van der Waals surface area contributed by atoms with E-state index < -0.39 is 0 Å². The Balaban J connectivity index is 1.36. The van der Waals surface area contributed by atoms with Gasteiger partial charge in [-0.2, -0.15) is 0 Å². The lowest BCUT2D eigenvalue weighted by Crippen LogP contribution is -2.41. The van der Waals surface area contributed by atoms with E-state index in [4.69, 9.17) is 0 Å². The molecule has 0 aliphatic carbocycles. The van der Waals surface area contributed by atoms with Crippen molar-refractivity contribution in [2.75, 3.05) is 13.1 Å². The molecule has 7 heteroatoms. The maximum absolute atomic E-state index is 13.7. The minimum absolute atomic E-state index is 0.0816. The third-order valence-electron chi connectivity index (χ3n) is 8.24. The standard InChI is InChI=1S/C32H34N6O/c1-22-13-14-27-20-28(32(39)33-29(27)23(22)2)30(31-34-35-36-38(31)21-26-11-7-4-8-12-26)37-17-15-25(16-18-37)19-24-9-5-3-6-10-24/h3-14,20,25,30H,15-19,21H2,1-2H3,(H,33,39). The summed E-state index contributed by atoms with van der Waals surface area (Å²) >= 11 is 0. The summed E-state index contributed by atoms with van der Waals surface area (Å²) in [7, 11) is 0. The summed E-state index contributed by atoms with van der Waals surface area (Å²) in [6.07, 6.45) is 3.21. The van der Waals surface area contributed by atoms with E-state index in [0.29, 0.717) is 23.9 Å². The van der Waals surface area contributed by atoms with Gasteiger partial charge in [-0.05, 0) is 96.3 Å². The van der Waals surface area contributed by atoms with Crippen LogP contribution in [-0.2, 0) is 13.0 Å². The van der Waals surface area contributed by atoms with E-state index >= 15 is 0 Å². The molecule has 0 spiro atoms. The van der Waals surface area contributed by atoms with E-state index in [-0.39, 0.29) is 11.6 Å². The minimum atomic E-state index is -0.337. The van der Waals surface area contributed by atoms with Crippen molar-refractivity contribution < 1.29 is 0 Å². The fourth-order valence-corrected chi connectivity index (χ4v) is 5.88. The average molecular weight is 519 g/mol. The van der Waals surface area contributed by atoms with Gasteiger partial charge in [-0.1, -0.05) is 72.8 Å². The van der Waals surface area contributed by atoms with Crippen molar-refractivity contribution in [3.63, 3.8) is 0 Å². The quantitative estimate of drug-likeness (QED) is 0.319. The van der Waals surface area contributed by atoms with Gasteiger partial charge in [0.15, 0.2) is 5.82 Å². The second kappa shape index (κ2) is 10.9. The molecule has 2 aromatic heterocycles. The molecule has 3 heterocycles. The van der Waals surface area contributed by atoms with Crippen LogP contribution < -0.4 is 5.56 Å². The highest BCUT2D eigenvalue weighted by Gasteiger charge is 2.33. The van der Waals surface area contributed by atoms with Gasteiger partial charge in [-0.15, -0.1) is 5.10 Å². The first-order chi connectivity index (χ1) is 19.1. The summed E-state index contributed by atoms with van der Waals surface area (Å²) in [6, 6.07) is 26.8. The van der Waals surface area contributed by atoms with Crippen LogP contribution in [0.15, 0.2) is 83.7 Å². The van der Waals surface area contributed by atoms with Gasteiger partial charge in [0.1, 0.15) is 6.04 Å². The molecule has 7 nitrogen and oxygen atoms in total. The number of nitrogens with zero attached hydrogens (tertiary/aromatic N) is 5. The van der Waals surface area contributed by atoms with Crippen molar-refractivity contribution in [3.8, 4) is 0 Å². The first-order valence-corrected chi connectivity index (χ1v) is 13.8. The van der Waals surface area contributed by atoms with Crippen LogP contribution in [0.3, 0.4) is 0 Å². The number of rotatable bonds is 7. The van der Waals surface area contributed by atoms with Crippen molar-refractivity contribution in [2.45, 2.75) is 45.7 Å². The SMILES string of the molecule is Cc1ccc2cc(C(c3nnnn3Cc3ccccc3)N3CCC(Cc4ccccc4)CC3)c(=O)[nH]c2c1C. The molecule has 1 atom stereocenters. The van der Waals surface area contributed by atoms with Crippen LogP contribution in [0.2, 0.25) is 0 Å². The molecule has 1 unspecified atom stereocenters. The van der Waals surface area contributed by atoms with E-state index in [2.05, 4.69) is 93.9 Å². The van der Waals surface area contributed by atoms with Crippen LogP contribution in [0.1, 0.15) is 52.5 Å². The zero-order valence-electron chi connectivity index (χ0n) is 22.5. The lowest BCUT2D eigenvalue weighted by Gasteiger charge is -2.37. The maximum atomic E-state index is 13.7. The molecular formula is C32H34N6O. The summed E-state index contributed by atoms with van der Waals surface area (Å²) in [5.41, 5.74) is 6.27. The maximum Gasteiger partial charge on any atom is 0.253 e. The van der Waals surface area contributed by atoms with Gasteiger partial charge in [-0.25, -0.2) is 4.68 Å². The van der Waals surface area contributed by atoms with Crippen LogP contribution in [0.5, 0.6) is 0 Å². The molecule has 1 aliphatic rings. The topological polar surface area (TPSA) is 79.7 Å². The van der Waals surface area contributed by atoms with Crippen LogP contribution in [0, 0.1) is 19.8 Å². The molecule has 6 rings (SSSR count). The van der Waals surface area contributed by atoms with Crippen LogP contribution >= 0.6 is 0 Å². The fourth-order valence-electron chi connectivity index (χ4n) is 5.88. The number of aromatic amines is 1. The number of aromatic nitrogens is 5. The summed E-state index contributed by atoms with van der Waals surface area (Å²) in [5.74, 6) is 1.32. The number of pyridine rings is 1. The lowest BCUT2D eigenvalue weighted by molar-refractivity contribution is 0.143. The molecule has 39 heavy (non-hydrogen) atoms.